The fourth-order valence-corrected chi connectivity index (χ4v) is 4.15. The second-order valence-corrected chi connectivity index (χ2v) is 9.12. The Bertz CT molecular complexity index is 835. The first-order chi connectivity index (χ1) is 15.6. The molecule has 0 bridgehead atoms. The average molecular weight is 479 g/mol. The van der Waals surface area contributed by atoms with Gasteiger partial charge in [-0.2, -0.15) is 12.6 Å². The molecule has 0 aromatic heterocycles. The topological polar surface area (TPSA) is 142 Å². The molecule has 1 aromatic rings. The number of thiol groups is 1. The molecule has 0 aliphatic carbocycles. The number of rotatable bonds is 11. The molecule has 0 radical (unpaired) electrons. The van der Waals surface area contributed by atoms with Crippen molar-refractivity contribution < 1.29 is 24.3 Å². The third-order valence-corrected chi connectivity index (χ3v) is 5.96. The van der Waals surface area contributed by atoms with Crippen molar-refractivity contribution in [3.8, 4) is 0 Å². The zero-order chi connectivity index (χ0) is 24.5. The molecule has 4 unspecified atom stereocenters. The summed E-state index contributed by atoms with van der Waals surface area (Å²) in [5, 5.41) is 14.4. The molecule has 3 amide bonds. The SMILES string of the molecule is CC(C)CC(N)C(=O)NC(Cc1ccccc1)C(=O)N1CCCC1C(=O)NC(CS)C(=O)O. The number of benzene rings is 1. The Morgan fingerprint density at radius 2 is 1.82 bits per heavy atom. The van der Waals surface area contributed by atoms with Crippen LogP contribution in [0.15, 0.2) is 30.3 Å². The van der Waals surface area contributed by atoms with Crippen LogP contribution in [0.3, 0.4) is 0 Å². The number of carbonyl (C=O) groups excluding carboxylic acids is 3. The summed E-state index contributed by atoms with van der Waals surface area (Å²) < 4.78 is 0. The van der Waals surface area contributed by atoms with E-state index in [0.29, 0.717) is 25.8 Å². The highest BCUT2D eigenvalue weighted by Gasteiger charge is 2.39. The molecule has 1 heterocycles. The number of amides is 3. The summed E-state index contributed by atoms with van der Waals surface area (Å²) in [4.78, 5) is 51.7. The molecule has 9 nitrogen and oxygen atoms in total. The van der Waals surface area contributed by atoms with Crippen LogP contribution in [0.2, 0.25) is 0 Å². The van der Waals surface area contributed by atoms with E-state index in [1.54, 1.807) is 0 Å². The van der Waals surface area contributed by atoms with Gasteiger partial charge in [-0.1, -0.05) is 44.2 Å². The summed E-state index contributed by atoms with van der Waals surface area (Å²) in [6.45, 7) is 4.26. The van der Waals surface area contributed by atoms with E-state index in [-0.39, 0.29) is 24.0 Å². The van der Waals surface area contributed by atoms with Gasteiger partial charge < -0.3 is 26.4 Å². The van der Waals surface area contributed by atoms with Gasteiger partial charge in [-0.15, -0.1) is 0 Å². The number of carboxylic acid groups (broad SMARTS) is 1. The number of nitrogens with two attached hydrogens (primary N) is 1. The third-order valence-electron chi connectivity index (χ3n) is 5.60. The molecule has 33 heavy (non-hydrogen) atoms. The van der Waals surface area contributed by atoms with Crippen LogP contribution in [0.1, 0.15) is 38.7 Å². The van der Waals surface area contributed by atoms with Crippen molar-refractivity contribution in [3.05, 3.63) is 35.9 Å². The van der Waals surface area contributed by atoms with Crippen LogP contribution < -0.4 is 16.4 Å². The van der Waals surface area contributed by atoms with E-state index < -0.39 is 42.0 Å². The molecule has 182 valence electrons. The first-order valence-corrected chi connectivity index (χ1v) is 11.8. The molecule has 1 aliphatic rings. The van der Waals surface area contributed by atoms with Gasteiger partial charge in [0.05, 0.1) is 6.04 Å². The van der Waals surface area contributed by atoms with Crippen molar-refractivity contribution in [2.24, 2.45) is 11.7 Å². The molecular formula is C23H34N4O5S. The van der Waals surface area contributed by atoms with Crippen molar-refractivity contribution in [2.75, 3.05) is 12.3 Å². The highest BCUT2D eigenvalue weighted by molar-refractivity contribution is 7.80. The third kappa shape index (κ3) is 7.75. The lowest BCUT2D eigenvalue weighted by Crippen LogP contribution is -2.57. The van der Waals surface area contributed by atoms with E-state index in [1.807, 2.05) is 44.2 Å². The van der Waals surface area contributed by atoms with Crippen LogP contribution in [0, 0.1) is 5.92 Å². The maximum atomic E-state index is 13.5. The molecule has 10 heteroatoms. The normalized spacial score (nSPS) is 18.5. The van der Waals surface area contributed by atoms with Crippen LogP contribution >= 0.6 is 12.6 Å². The number of nitrogens with zero attached hydrogens (tertiary/aromatic N) is 1. The summed E-state index contributed by atoms with van der Waals surface area (Å²) >= 11 is 3.97. The number of hydrogen-bond donors (Lipinski definition) is 5. The Labute approximate surface area is 199 Å². The first kappa shape index (κ1) is 26.7. The van der Waals surface area contributed by atoms with Gasteiger partial charge in [0.15, 0.2) is 0 Å². The maximum Gasteiger partial charge on any atom is 0.327 e. The van der Waals surface area contributed by atoms with Gasteiger partial charge in [-0.25, -0.2) is 4.79 Å². The van der Waals surface area contributed by atoms with Crippen molar-refractivity contribution in [2.45, 2.75) is 63.7 Å². The minimum atomic E-state index is -1.19. The number of likely N-dealkylation sites (tertiary alicyclic amines) is 1. The molecule has 0 saturated carbocycles. The predicted octanol–water partition coefficient (Wildman–Crippen LogP) is 0.578. The summed E-state index contributed by atoms with van der Waals surface area (Å²) in [6.07, 6.45) is 1.74. The van der Waals surface area contributed by atoms with E-state index in [9.17, 15) is 24.3 Å². The Hall–Kier alpha value is -2.59. The van der Waals surface area contributed by atoms with Crippen LogP contribution in [0.5, 0.6) is 0 Å². The van der Waals surface area contributed by atoms with Crippen molar-refractivity contribution in [1.82, 2.24) is 15.5 Å². The van der Waals surface area contributed by atoms with Gasteiger partial charge in [0.1, 0.15) is 18.1 Å². The van der Waals surface area contributed by atoms with E-state index in [4.69, 9.17) is 5.73 Å². The highest BCUT2D eigenvalue weighted by atomic mass is 32.1. The number of hydrogen-bond acceptors (Lipinski definition) is 6. The lowest BCUT2D eigenvalue weighted by atomic mass is 10.0. The predicted molar refractivity (Wildman–Crippen MR) is 128 cm³/mol. The molecule has 0 spiro atoms. The quantitative estimate of drug-likeness (QED) is 0.295. The molecule has 1 aliphatic heterocycles. The largest absolute Gasteiger partial charge is 0.480 e. The van der Waals surface area contributed by atoms with Crippen LogP contribution in [0.4, 0.5) is 0 Å². The number of nitrogens with one attached hydrogen (secondary N) is 2. The maximum absolute atomic E-state index is 13.5. The van der Waals surface area contributed by atoms with Crippen molar-refractivity contribution in [1.29, 1.82) is 0 Å². The summed E-state index contributed by atoms with van der Waals surface area (Å²) in [5.74, 6) is -2.39. The van der Waals surface area contributed by atoms with Crippen LogP contribution in [-0.2, 0) is 25.6 Å². The van der Waals surface area contributed by atoms with E-state index in [0.717, 1.165) is 5.56 Å². The van der Waals surface area contributed by atoms with Crippen molar-refractivity contribution >= 4 is 36.3 Å². The standard InChI is InChI=1S/C23H34N4O5S/c1-14(2)11-16(24)20(28)25-17(12-15-7-4-3-5-8-15)22(30)27-10-6-9-19(27)21(29)26-18(13-33)23(31)32/h3-5,7-8,14,16-19,33H,6,9-13,24H2,1-2H3,(H,25,28)(H,26,29)(H,31,32). The van der Waals surface area contributed by atoms with Gasteiger partial charge in [-0.05, 0) is 30.7 Å². The number of carboxylic acids is 1. The van der Waals surface area contributed by atoms with E-state index in [2.05, 4.69) is 23.3 Å². The Morgan fingerprint density at radius 3 is 2.39 bits per heavy atom. The number of aliphatic carboxylic acids is 1. The lowest BCUT2D eigenvalue weighted by molar-refractivity contribution is -0.144. The van der Waals surface area contributed by atoms with Gasteiger partial charge >= 0.3 is 5.97 Å². The zero-order valence-electron chi connectivity index (χ0n) is 19.1. The van der Waals surface area contributed by atoms with E-state index in [1.165, 1.54) is 4.90 Å². The fraction of sp³-hybridized carbons (Fsp3) is 0.565. The molecule has 1 aromatic carbocycles. The number of carbonyl (C=O) groups is 4. The minimum Gasteiger partial charge on any atom is -0.480 e. The minimum absolute atomic E-state index is 0.0673. The van der Waals surface area contributed by atoms with Gasteiger partial charge in [0, 0.05) is 18.7 Å². The molecule has 5 N–H and O–H groups in total. The summed E-state index contributed by atoms with van der Waals surface area (Å²) in [6, 6.07) is 5.67. The fourth-order valence-electron chi connectivity index (χ4n) is 3.90. The molecule has 1 saturated heterocycles. The summed E-state index contributed by atoms with van der Waals surface area (Å²) in [5.41, 5.74) is 6.88. The monoisotopic (exact) mass is 478 g/mol. The second kappa shape index (κ2) is 12.6. The van der Waals surface area contributed by atoms with Gasteiger partial charge in [0.2, 0.25) is 17.7 Å². The Morgan fingerprint density at radius 1 is 1.15 bits per heavy atom. The Balaban J connectivity index is 2.20. The zero-order valence-corrected chi connectivity index (χ0v) is 20.0. The Kier molecular flexibility index (Phi) is 10.2. The average Bonchev–Trinajstić information content (AvgIpc) is 3.26. The molecule has 4 atom stereocenters. The van der Waals surface area contributed by atoms with Crippen LogP contribution in [-0.4, -0.2) is 70.2 Å². The van der Waals surface area contributed by atoms with Gasteiger partial charge in [0.25, 0.3) is 0 Å². The molecule has 1 fully saturated rings. The lowest BCUT2D eigenvalue weighted by Gasteiger charge is -2.30. The van der Waals surface area contributed by atoms with E-state index >= 15 is 0 Å². The van der Waals surface area contributed by atoms with Gasteiger partial charge in [-0.3, -0.25) is 14.4 Å². The highest BCUT2D eigenvalue weighted by Crippen LogP contribution is 2.20. The van der Waals surface area contributed by atoms with Crippen LogP contribution in [0.25, 0.3) is 0 Å². The molecule has 2 rings (SSSR count). The van der Waals surface area contributed by atoms with Crippen molar-refractivity contribution in [3.63, 3.8) is 0 Å². The second-order valence-electron chi connectivity index (χ2n) is 8.76. The first-order valence-electron chi connectivity index (χ1n) is 11.2. The summed E-state index contributed by atoms with van der Waals surface area (Å²) in [7, 11) is 0. The molecular weight excluding hydrogens is 444 g/mol. The smallest absolute Gasteiger partial charge is 0.327 e.